The van der Waals surface area contributed by atoms with Gasteiger partial charge >= 0.3 is 0 Å². The van der Waals surface area contributed by atoms with E-state index >= 15 is 0 Å². The van der Waals surface area contributed by atoms with E-state index in [1.54, 1.807) is 26.4 Å². The number of ether oxygens (including phenoxy) is 2. The lowest BCUT2D eigenvalue weighted by Crippen LogP contribution is -2.33. The molecule has 1 aromatic carbocycles. The van der Waals surface area contributed by atoms with E-state index in [4.69, 9.17) is 9.47 Å². The summed E-state index contributed by atoms with van der Waals surface area (Å²) >= 11 is 0. The summed E-state index contributed by atoms with van der Waals surface area (Å²) in [6.07, 6.45) is 0. The third-order valence-corrected chi connectivity index (χ3v) is 2.74. The Hall–Kier alpha value is -1.59. The maximum absolute atomic E-state index is 11.9. The summed E-state index contributed by atoms with van der Waals surface area (Å²) in [7, 11) is 3.26. The van der Waals surface area contributed by atoms with Gasteiger partial charge in [0.15, 0.2) is 0 Å². The third-order valence-electron chi connectivity index (χ3n) is 2.74. The molecule has 1 amide bonds. The molecule has 1 aromatic rings. The van der Waals surface area contributed by atoms with E-state index < -0.39 is 0 Å². The molecule has 0 aliphatic rings. The number of methoxy groups -OCH3 is 2. The molecule has 0 spiro atoms. The summed E-state index contributed by atoms with van der Waals surface area (Å²) in [4.78, 5) is 11.9. The monoisotopic (exact) mass is 266 g/mol. The SMILES string of the molecule is COCCNCCNC(=O)c1ccc(C)c(OC)c1. The third kappa shape index (κ3) is 5.28. The van der Waals surface area contributed by atoms with E-state index in [1.807, 2.05) is 13.0 Å². The van der Waals surface area contributed by atoms with Gasteiger partial charge < -0.3 is 20.1 Å². The first kappa shape index (κ1) is 15.5. The number of carbonyl (C=O) groups is 1. The second-order valence-corrected chi connectivity index (χ2v) is 4.18. The molecule has 0 saturated carbocycles. The van der Waals surface area contributed by atoms with Crippen LogP contribution >= 0.6 is 0 Å². The highest BCUT2D eigenvalue weighted by molar-refractivity contribution is 5.94. The highest BCUT2D eigenvalue weighted by atomic mass is 16.5. The zero-order valence-corrected chi connectivity index (χ0v) is 11.8. The largest absolute Gasteiger partial charge is 0.496 e. The van der Waals surface area contributed by atoms with E-state index in [2.05, 4.69) is 10.6 Å². The van der Waals surface area contributed by atoms with Gasteiger partial charge in [0.25, 0.3) is 5.91 Å². The molecule has 106 valence electrons. The molecule has 5 heteroatoms. The minimum Gasteiger partial charge on any atom is -0.496 e. The van der Waals surface area contributed by atoms with Crippen LogP contribution in [0.25, 0.3) is 0 Å². The van der Waals surface area contributed by atoms with E-state index in [0.29, 0.717) is 18.7 Å². The summed E-state index contributed by atoms with van der Waals surface area (Å²) in [6, 6.07) is 5.43. The van der Waals surface area contributed by atoms with Crippen molar-refractivity contribution in [3.05, 3.63) is 29.3 Å². The topological polar surface area (TPSA) is 59.6 Å². The maximum Gasteiger partial charge on any atom is 0.251 e. The highest BCUT2D eigenvalue weighted by Crippen LogP contribution is 2.18. The lowest BCUT2D eigenvalue weighted by Gasteiger charge is -2.09. The molecule has 0 fully saturated rings. The lowest BCUT2D eigenvalue weighted by atomic mass is 10.1. The number of nitrogens with one attached hydrogen (secondary N) is 2. The molecular formula is C14H22N2O3. The van der Waals surface area contributed by atoms with Crippen molar-refractivity contribution in [2.75, 3.05) is 40.5 Å². The van der Waals surface area contributed by atoms with Crippen LogP contribution in [0, 0.1) is 6.92 Å². The molecule has 0 atom stereocenters. The Morgan fingerprint density at radius 3 is 2.68 bits per heavy atom. The molecule has 0 aliphatic carbocycles. The van der Waals surface area contributed by atoms with Gasteiger partial charge in [0.2, 0.25) is 0 Å². The first-order valence-electron chi connectivity index (χ1n) is 6.31. The second kappa shape index (κ2) is 8.50. The number of aryl methyl sites for hydroxylation is 1. The van der Waals surface area contributed by atoms with E-state index in [-0.39, 0.29) is 5.91 Å². The van der Waals surface area contributed by atoms with Gasteiger partial charge in [-0.05, 0) is 24.6 Å². The van der Waals surface area contributed by atoms with Gasteiger partial charge in [-0.25, -0.2) is 0 Å². The fourth-order valence-electron chi connectivity index (χ4n) is 1.63. The van der Waals surface area contributed by atoms with Gasteiger partial charge in [-0.3, -0.25) is 4.79 Å². The van der Waals surface area contributed by atoms with Crippen LogP contribution in [0.1, 0.15) is 15.9 Å². The number of hydrogen-bond donors (Lipinski definition) is 2. The van der Waals surface area contributed by atoms with Crippen molar-refractivity contribution in [1.82, 2.24) is 10.6 Å². The molecular weight excluding hydrogens is 244 g/mol. The van der Waals surface area contributed by atoms with Crippen molar-refractivity contribution >= 4 is 5.91 Å². The van der Waals surface area contributed by atoms with Crippen LogP contribution in [0.5, 0.6) is 5.75 Å². The molecule has 1 rings (SSSR count). The van der Waals surface area contributed by atoms with Crippen molar-refractivity contribution in [2.24, 2.45) is 0 Å². The van der Waals surface area contributed by atoms with Gasteiger partial charge in [-0.2, -0.15) is 0 Å². The zero-order chi connectivity index (χ0) is 14.1. The Bertz CT molecular complexity index is 408. The molecule has 0 radical (unpaired) electrons. The standard InChI is InChI=1S/C14H22N2O3/c1-11-4-5-12(10-13(11)19-3)14(17)16-7-6-15-8-9-18-2/h4-5,10,15H,6-9H2,1-3H3,(H,16,17). The van der Waals surface area contributed by atoms with Crippen LogP contribution in [-0.2, 0) is 4.74 Å². The quantitative estimate of drug-likeness (QED) is 0.688. The fraction of sp³-hybridized carbons (Fsp3) is 0.500. The Morgan fingerprint density at radius 1 is 1.21 bits per heavy atom. The van der Waals surface area contributed by atoms with Gasteiger partial charge in [-0.15, -0.1) is 0 Å². The lowest BCUT2D eigenvalue weighted by molar-refractivity contribution is 0.0953. The van der Waals surface area contributed by atoms with Crippen molar-refractivity contribution in [3.63, 3.8) is 0 Å². The average molecular weight is 266 g/mol. The van der Waals surface area contributed by atoms with Gasteiger partial charge in [-0.1, -0.05) is 6.07 Å². The van der Waals surface area contributed by atoms with E-state index in [0.717, 1.165) is 24.4 Å². The minimum absolute atomic E-state index is 0.0909. The first-order valence-corrected chi connectivity index (χ1v) is 6.31. The van der Waals surface area contributed by atoms with Gasteiger partial charge in [0.05, 0.1) is 13.7 Å². The van der Waals surface area contributed by atoms with Crippen LogP contribution < -0.4 is 15.4 Å². The summed E-state index contributed by atoms with van der Waals surface area (Å²) in [5.41, 5.74) is 1.62. The Morgan fingerprint density at radius 2 is 2.00 bits per heavy atom. The van der Waals surface area contributed by atoms with Crippen LogP contribution in [0.2, 0.25) is 0 Å². The number of carbonyl (C=O) groups excluding carboxylic acids is 1. The van der Waals surface area contributed by atoms with Crippen LogP contribution in [0.4, 0.5) is 0 Å². The fourth-order valence-corrected chi connectivity index (χ4v) is 1.63. The number of hydrogen-bond acceptors (Lipinski definition) is 4. The van der Waals surface area contributed by atoms with Crippen molar-refractivity contribution in [2.45, 2.75) is 6.92 Å². The van der Waals surface area contributed by atoms with E-state index in [1.165, 1.54) is 0 Å². The van der Waals surface area contributed by atoms with Gasteiger partial charge in [0.1, 0.15) is 5.75 Å². The molecule has 0 heterocycles. The maximum atomic E-state index is 11.9. The predicted molar refractivity (Wildman–Crippen MR) is 74.8 cm³/mol. The van der Waals surface area contributed by atoms with E-state index in [9.17, 15) is 4.79 Å². The molecule has 2 N–H and O–H groups in total. The minimum atomic E-state index is -0.0909. The molecule has 19 heavy (non-hydrogen) atoms. The molecule has 0 aliphatic heterocycles. The first-order chi connectivity index (χ1) is 9.19. The average Bonchev–Trinajstić information content (AvgIpc) is 2.43. The summed E-state index contributed by atoms with van der Waals surface area (Å²) < 4.78 is 10.1. The van der Waals surface area contributed by atoms with Crippen LogP contribution in [0.15, 0.2) is 18.2 Å². The Kier molecular flexibility index (Phi) is 6.92. The number of rotatable bonds is 8. The normalized spacial score (nSPS) is 10.3. The smallest absolute Gasteiger partial charge is 0.251 e. The molecule has 0 unspecified atom stereocenters. The second-order valence-electron chi connectivity index (χ2n) is 4.18. The number of amides is 1. The van der Waals surface area contributed by atoms with Crippen molar-refractivity contribution in [1.29, 1.82) is 0 Å². The Labute approximate surface area is 114 Å². The number of benzene rings is 1. The molecule has 0 bridgehead atoms. The van der Waals surface area contributed by atoms with Crippen LogP contribution in [0.3, 0.4) is 0 Å². The van der Waals surface area contributed by atoms with Crippen molar-refractivity contribution < 1.29 is 14.3 Å². The summed E-state index contributed by atoms with van der Waals surface area (Å²) in [6.45, 7) is 4.70. The van der Waals surface area contributed by atoms with Gasteiger partial charge in [0, 0.05) is 32.3 Å². The molecule has 5 nitrogen and oxygen atoms in total. The van der Waals surface area contributed by atoms with Crippen molar-refractivity contribution in [3.8, 4) is 5.75 Å². The molecule has 0 saturated heterocycles. The Balaban J connectivity index is 2.37. The predicted octanol–water partition coefficient (Wildman–Crippen LogP) is 0.969. The van der Waals surface area contributed by atoms with Crippen LogP contribution in [-0.4, -0.2) is 46.4 Å². The summed E-state index contributed by atoms with van der Waals surface area (Å²) in [5.74, 6) is 0.637. The zero-order valence-electron chi connectivity index (χ0n) is 11.8. The molecule has 0 aromatic heterocycles. The summed E-state index contributed by atoms with van der Waals surface area (Å²) in [5, 5.41) is 6.01. The highest BCUT2D eigenvalue weighted by Gasteiger charge is 2.07.